The van der Waals surface area contributed by atoms with Gasteiger partial charge in [0.2, 0.25) is 0 Å². The fraction of sp³-hybridized carbons (Fsp3) is 0.444. The first-order valence-corrected chi connectivity index (χ1v) is 12.1. The Labute approximate surface area is 205 Å². The van der Waals surface area contributed by atoms with E-state index in [1.807, 2.05) is 24.3 Å². The molecule has 1 unspecified atom stereocenters. The molecule has 35 heavy (non-hydrogen) atoms. The fourth-order valence-electron chi connectivity index (χ4n) is 5.25. The summed E-state index contributed by atoms with van der Waals surface area (Å²) in [7, 11) is 1.40. The smallest absolute Gasteiger partial charge is 0.407 e. The SMILES string of the molecule is COC(CNC(=O)OCC1c2ccccc2-c2ccccc21)C(=O)N[C@H]1CCCC[C@H]1CC(=O)O. The second kappa shape index (κ2) is 11.4. The summed E-state index contributed by atoms with van der Waals surface area (Å²) in [6, 6.07) is 16.0. The summed E-state index contributed by atoms with van der Waals surface area (Å²) in [4.78, 5) is 36.4. The van der Waals surface area contributed by atoms with Gasteiger partial charge < -0.3 is 25.2 Å². The Kier molecular flexibility index (Phi) is 8.02. The molecule has 0 saturated heterocycles. The lowest BCUT2D eigenvalue weighted by Gasteiger charge is -2.32. The molecule has 0 radical (unpaired) electrons. The van der Waals surface area contributed by atoms with Crippen molar-refractivity contribution in [2.75, 3.05) is 20.3 Å². The average molecular weight is 481 g/mol. The summed E-state index contributed by atoms with van der Waals surface area (Å²) < 4.78 is 10.8. The minimum absolute atomic E-state index is 0.0284. The van der Waals surface area contributed by atoms with E-state index in [9.17, 15) is 14.4 Å². The topological polar surface area (TPSA) is 114 Å². The standard InChI is InChI=1S/C27H32N2O6/c1-34-24(26(32)29-23-13-7-2-8-17(23)14-25(30)31)15-28-27(33)35-16-22-20-11-5-3-9-18(20)19-10-4-6-12-21(19)22/h3-6,9-12,17,22-24H,2,7-8,13-16H2,1H3,(H,28,33)(H,29,32)(H,30,31)/t17-,23-,24?/m0/s1. The molecule has 3 atom stereocenters. The van der Waals surface area contributed by atoms with Crippen LogP contribution in [0.15, 0.2) is 48.5 Å². The van der Waals surface area contributed by atoms with Gasteiger partial charge in [-0.15, -0.1) is 0 Å². The van der Waals surface area contributed by atoms with E-state index >= 15 is 0 Å². The van der Waals surface area contributed by atoms with E-state index in [1.54, 1.807) is 0 Å². The number of hydrogen-bond donors (Lipinski definition) is 3. The van der Waals surface area contributed by atoms with Gasteiger partial charge in [0.25, 0.3) is 5.91 Å². The van der Waals surface area contributed by atoms with Gasteiger partial charge in [-0.05, 0) is 41.0 Å². The Morgan fingerprint density at radius 1 is 1.00 bits per heavy atom. The summed E-state index contributed by atoms with van der Waals surface area (Å²) in [5, 5.41) is 14.7. The van der Waals surface area contributed by atoms with Crippen molar-refractivity contribution >= 4 is 18.0 Å². The molecule has 2 aromatic carbocycles. The number of methoxy groups -OCH3 is 1. The van der Waals surface area contributed by atoms with Crippen molar-refractivity contribution in [1.29, 1.82) is 0 Å². The second-order valence-corrected chi connectivity index (χ2v) is 9.19. The minimum Gasteiger partial charge on any atom is -0.481 e. The molecule has 1 saturated carbocycles. The maximum Gasteiger partial charge on any atom is 0.407 e. The first kappa shape index (κ1) is 24.7. The number of nitrogens with one attached hydrogen (secondary N) is 2. The highest BCUT2D eigenvalue weighted by Crippen LogP contribution is 2.44. The number of rotatable bonds is 9. The molecule has 2 aromatic rings. The highest BCUT2D eigenvalue weighted by atomic mass is 16.5. The first-order chi connectivity index (χ1) is 17.0. The van der Waals surface area contributed by atoms with Crippen LogP contribution in [0.5, 0.6) is 0 Å². The number of amides is 2. The van der Waals surface area contributed by atoms with Gasteiger partial charge in [0.1, 0.15) is 6.61 Å². The van der Waals surface area contributed by atoms with Crippen LogP contribution in [0.25, 0.3) is 11.1 Å². The molecule has 0 spiro atoms. The number of carboxylic acids is 1. The highest BCUT2D eigenvalue weighted by Gasteiger charge is 2.31. The molecule has 186 valence electrons. The van der Waals surface area contributed by atoms with Crippen molar-refractivity contribution in [3.05, 3.63) is 59.7 Å². The Morgan fingerprint density at radius 3 is 2.26 bits per heavy atom. The number of alkyl carbamates (subject to hydrolysis) is 1. The molecular formula is C27H32N2O6. The average Bonchev–Trinajstić information content (AvgIpc) is 3.18. The normalized spacial score (nSPS) is 19.8. The Balaban J connectivity index is 1.29. The summed E-state index contributed by atoms with van der Waals surface area (Å²) >= 11 is 0. The van der Waals surface area contributed by atoms with E-state index in [0.717, 1.165) is 47.9 Å². The van der Waals surface area contributed by atoms with Gasteiger partial charge in [-0.25, -0.2) is 4.79 Å². The van der Waals surface area contributed by atoms with Gasteiger partial charge >= 0.3 is 12.1 Å². The largest absolute Gasteiger partial charge is 0.481 e. The lowest BCUT2D eigenvalue weighted by molar-refractivity contribution is -0.139. The fourth-order valence-corrected chi connectivity index (χ4v) is 5.25. The number of carbonyl (C=O) groups is 3. The van der Waals surface area contributed by atoms with Crippen LogP contribution < -0.4 is 10.6 Å². The first-order valence-electron chi connectivity index (χ1n) is 12.1. The van der Waals surface area contributed by atoms with E-state index in [-0.39, 0.29) is 43.4 Å². The van der Waals surface area contributed by atoms with Gasteiger partial charge in [0.05, 0.1) is 13.0 Å². The molecule has 1 fully saturated rings. The van der Waals surface area contributed by atoms with Gasteiger partial charge in [-0.1, -0.05) is 61.4 Å². The zero-order valence-electron chi connectivity index (χ0n) is 19.9. The Hall–Kier alpha value is -3.39. The molecule has 0 heterocycles. The van der Waals surface area contributed by atoms with Crippen LogP contribution in [0.1, 0.15) is 49.1 Å². The van der Waals surface area contributed by atoms with Crippen molar-refractivity contribution in [2.24, 2.45) is 5.92 Å². The van der Waals surface area contributed by atoms with E-state index < -0.39 is 18.2 Å². The van der Waals surface area contributed by atoms with E-state index in [0.29, 0.717) is 0 Å². The number of carboxylic acid groups (broad SMARTS) is 1. The molecule has 3 N–H and O–H groups in total. The minimum atomic E-state index is -0.900. The van der Waals surface area contributed by atoms with Crippen molar-refractivity contribution in [3.63, 3.8) is 0 Å². The predicted octanol–water partition coefficient (Wildman–Crippen LogP) is 3.69. The van der Waals surface area contributed by atoms with Crippen LogP contribution in [-0.2, 0) is 19.1 Å². The summed E-state index contributed by atoms with van der Waals surface area (Å²) in [5.41, 5.74) is 4.55. The van der Waals surface area contributed by atoms with Crippen molar-refractivity contribution < 1.29 is 29.0 Å². The molecular weight excluding hydrogens is 448 g/mol. The maximum absolute atomic E-state index is 12.8. The van der Waals surface area contributed by atoms with E-state index in [4.69, 9.17) is 14.6 Å². The summed E-state index contributed by atoms with van der Waals surface area (Å²) in [6.45, 7) is 0.137. The summed E-state index contributed by atoms with van der Waals surface area (Å²) in [5.74, 6) is -1.38. The van der Waals surface area contributed by atoms with Gasteiger partial charge in [0.15, 0.2) is 6.10 Å². The molecule has 0 aromatic heterocycles. The van der Waals surface area contributed by atoms with Crippen LogP contribution >= 0.6 is 0 Å². The quantitative estimate of drug-likeness (QED) is 0.504. The number of hydrogen-bond acceptors (Lipinski definition) is 5. The lowest BCUT2D eigenvalue weighted by Crippen LogP contribution is -2.50. The summed E-state index contributed by atoms with van der Waals surface area (Å²) in [6.07, 6.45) is 1.91. The Bertz CT molecular complexity index is 1030. The number of fused-ring (bicyclic) bond motifs is 3. The number of ether oxygens (including phenoxy) is 2. The van der Waals surface area contributed by atoms with Crippen LogP contribution in [0.3, 0.4) is 0 Å². The van der Waals surface area contributed by atoms with Crippen LogP contribution in [0.4, 0.5) is 4.79 Å². The van der Waals surface area contributed by atoms with Gasteiger partial charge in [-0.3, -0.25) is 9.59 Å². The molecule has 0 bridgehead atoms. The molecule has 8 heteroatoms. The molecule has 2 aliphatic carbocycles. The third-order valence-electron chi connectivity index (χ3n) is 7.03. The van der Waals surface area contributed by atoms with E-state index in [1.165, 1.54) is 7.11 Å². The van der Waals surface area contributed by atoms with Crippen molar-refractivity contribution in [1.82, 2.24) is 10.6 Å². The molecule has 2 amide bonds. The zero-order chi connectivity index (χ0) is 24.8. The highest BCUT2D eigenvalue weighted by molar-refractivity contribution is 5.82. The lowest BCUT2D eigenvalue weighted by atomic mass is 9.82. The number of benzene rings is 2. The van der Waals surface area contributed by atoms with Crippen molar-refractivity contribution in [3.8, 4) is 11.1 Å². The van der Waals surface area contributed by atoms with E-state index in [2.05, 4.69) is 34.9 Å². The van der Waals surface area contributed by atoms with Crippen LogP contribution in [0, 0.1) is 5.92 Å². The molecule has 0 aliphatic heterocycles. The van der Waals surface area contributed by atoms with Crippen LogP contribution in [-0.4, -0.2) is 55.5 Å². The zero-order valence-corrected chi connectivity index (χ0v) is 19.9. The van der Waals surface area contributed by atoms with Crippen LogP contribution in [0.2, 0.25) is 0 Å². The molecule has 8 nitrogen and oxygen atoms in total. The Morgan fingerprint density at radius 2 is 1.63 bits per heavy atom. The monoisotopic (exact) mass is 480 g/mol. The maximum atomic E-state index is 12.8. The number of carbonyl (C=O) groups excluding carboxylic acids is 2. The third-order valence-corrected chi connectivity index (χ3v) is 7.03. The predicted molar refractivity (Wildman–Crippen MR) is 130 cm³/mol. The van der Waals surface area contributed by atoms with Gasteiger partial charge in [-0.2, -0.15) is 0 Å². The third kappa shape index (κ3) is 5.82. The van der Waals surface area contributed by atoms with Gasteiger partial charge in [0, 0.05) is 19.1 Å². The molecule has 2 aliphatic rings. The number of aliphatic carboxylic acids is 1. The van der Waals surface area contributed by atoms with Crippen molar-refractivity contribution in [2.45, 2.75) is 50.2 Å². The molecule has 4 rings (SSSR count). The second-order valence-electron chi connectivity index (χ2n) is 9.19.